The summed E-state index contributed by atoms with van der Waals surface area (Å²) in [6.07, 6.45) is -7.86. The zero-order valence-corrected chi connectivity index (χ0v) is 24.4. The minimum absolute atomic E-state index is 0.00434. The second-order valence-corrected chi connectivity index (χ2v) is 12.2. The molecule has 0 saturated heterocycles. The first-order chi connectivity index (χ1) is 19.2. The van der Waals surface area contributed by atoms with Gasteiger partial charge < -0.3 is 10.2 Å². The lowest BCUT2D eigenvalue weighted by atomic mass is 9.81. The number of sulfonamides is 1. The highest BCUT2D eigenvalue weighted by Gasteiger charge is 2.41. The van der Waals surface area contributed by atoms with Crippen molar-refractivity contribution in [2.75, 3.05) is 36.6 Å². The van der Waals surface area contributed by atoms with E-state index < -0.39 is 50.4 Å². The van der Waals surface area contributed by atoms with Crippen molar-refractivity contribution in [1.29, 1.82) is 0 Å². The fourth-order valence-electron chi connectivity index (χ4n) is 4.10. The van der Waals surface area contributed by atoms with Gasteiger partial charge in [-0.05, 0) is 49.7 Å². The maximum Gasteiger partial charge on any atom is 0.416 e. The maximum absolute atomic E-state index is 13.8. The third-order valence-electron chi connectivity index (χ3n) is 6.35. The molecule has 0 radical (unpaired) electrons. The molecule has 0 unspecified atom stereocenters. The van der Waals surface area contributed by atoms with E-state index in [0.29, 0.717) is 28.3 Å². The number of nitrogens with zero attached hydrogens (tertiary/aromatic N) is 2. The first-order valence-corrected chi connectivity index (χ1v) is 14.5. The van der Waals surface area contributed by atoms with Crippen molar-refractivity contribution >= 4 is 39.0 Å². The lowest BCUT2D eigenvalue weighted by Gasteiger charge is -2.32. The Balaban J connectivity index is 2.06. The van der Waals surface area contributed by atoms with Gasteiger partial charge in [0.1, 0.15) is 5.82 Å². The summed E-state index contributed by atoms with van der Waals surface area (Å²) in [5.41, 5.74) is -4.38. The van der Waals surface area contributed by atoms with E-state index in [1.54, 1.807) is 30.3 Å². The number of pyridine rings is 1. The van der Waals surface area contributed by atoms with E-state index in [9.17, 15) is 39.6 Å². The average molecular weight is 637 g/mol. The minimum atomic E-state index is -5.08. The zero-order chi connectivity index (χ0) is 31.7. The predicted octanol–water partition coefficient (Wildman–Crippen LogP) is 6.34. The molecule has 1 aromatic heterocycles. The Morgan fingerprint density at radius 3 is 1.98 bits per heavy atom. The molecule has 228 valence electrons. The number of amides is 1. The van der Waals surface area contributed by atoms with Crippen LogP contribution < -0.4 is 14.9 Å². The first-order valence-electron chi connectivity index (χ1n) is 12.2. The van der Waals surface area contributed by atoms with E-state index in [1.807, 2.05) is 0 Å². The molecule has 0 spiro atoms. The van der Waals surface area contributed by atoms with E-state index in [2.05, 4.69) is 15.0 Å². The van der Waals surface area contributed by atoms with Crippen LogP contribution >= 0.6 is 11.6 Å². The molecule has 0 aliphatic rings. The molecule has 3 aromatic rings. The normalized spacial score (nSPS) is 12.7. The van der Waals surface area contributed by atoms with E-state index in [0.717, 1.165) is 11.2 Å². The van der Waals surface area contributed by atoms with Crippen LogP contribution in [0.5, 0.6) is 0 Å². The van der Waals surface area contributed by atoms with Gasteiger partial charge in [0, 0.05) is 36.3 Å². The predicted molar refractivity (Wildman–Crippen MR) is 149 cm³/mol. The standard InChI is InChI=1S/C27H27ClF6N4O3S/c1-25(2,16-11-17(26(29,30)31)13-18(12-16)27(32,33)34)24(39)38(3)22-15-36-23(35-9-10-37-42(4,40)41)14-20(22)19-7-5-6-8-21(19)28/h5-8,11-15,37H,9-10H2,1-4H3,(H,35,36). The van der Waals surface area contributed by atoms with E-state index in [-0.39, 0.29) is 30.7 Å². The maximum atomic E-state index is 13.8. The Labute approximate surface area is 243 Å². The molecule has 0 aliphatic heterocycles. The Morgan fingerprint density at radius 1 is 0.905 bits per heavy atom. The Morgan fingerprint density at radius 2 is 1.45 bits per heavy atom. The number of alkyl halides is 6. The Hall–Kier alpha value is -3.36. The molecule has 0 atom stereocenters. The van der Waals surface area contributed by atoms with Gasteiger partial charge in [0.05, 0.1) is 34.7 Å². The summed E-state index contributed by atoms with van der Waals surface area (Å²) >= 11 is 6.42. The number of carbonyl (C=O) groups excluding carboxylic acids is 1. The fourth-order valence-corrected chi connectivity index (χ4v) is 4.81. The molecule has 2 aromatic carbocycles. The van der Waals surface area contributed by atoms with Crippen LogP contribution in [-0.2, 0) is 32.6 Å². The largest absolute Gasteiger partial charge is 0.416 e. The van der Waals surface area contributed by atoms with Crippen molar-refractivity contribution in [1.82, 2.24) is 9.71 Å². The second kappa shape index (κ2) is 12.1. The van der Waals surface area contributed by atoms with Crippen LogP contribution in [0.3, 0.4) is 0 Å². The molecule has 0 bridgehead atoms. The van der Waals surface area contributed by atoms with Gasteiger partial charge in [0.2, 0.25) is 15.9 Å². The molecule has 42 heavy (non-hydrogen) atoms. The number of aromatic nitrogens is 1. The first kappa shape index (κ1) is 33.1. The van der Waals surface area contributed by atoms with E-state index in [1.165, 1.54) is 27.1 Å². The second-order valence-electron chi connectivity index (χ2n) is 9.94. The van der Waals surface area contributed by atoms with Gasteiger partial charge in [-0.2, -0.15) is 26.3 Å². The van der Waals surface area contributed by atoms with Crippen molar-refractivity contribution in [3.05, 3.63) is 76.4 Å². The summed E-state index contributed by atoms with van der Waals surface area (Å²) in [6.45, 7) is 2.66. The number of hydrogen-bond donors (Lipinski definition) is 2. The van der Waals surface area contributed by atoms with Crippen LogP contribution in [0.4, 0.5) is 37.8 Å². The summed E-state index contributed by atoms with van der Waals surface area (Å²) in [6, 6.07) is 9.22. The fraction of sp³-hybridized carbons (Fsp3) is 0.333. The highest BCUT2D eigenvalue weighted by Crippen LogP contribution is 2.41. The van der Waals surface area contributed by atoms with Crippen LogP contribution in [0.15, 0.2) is 54.7 Å². The lowest BCUT2D eigenvalue weighted by Crippen LogP contribution is -2.42. The Bertz CT molecular complexity index is 1540. The number of hydrogen-bond acceptors (Lipinski definition) is 5. The lowest BCUT2D eigenvalue weighted by molar-refractivity contribution is -0.143. The quantitative estimate of drug-likeness (QED) is 0.211. The van der Waals surface area contributed by atoms with Gasteiger partial charge in [0.25, 0.3) is 0 Å². The highest BCUT2D eigenvalue weighted by molar-refractivity contribution is 7.88. The molecule has 0 saturated carbocycles. The monoisotopic (exact) mass is 636 g/mol. The SMILES string of the molecule is CN(C(=O)C(C)(C)c1cc(C(F)(F)F)cc(C(F)(F)F)c1)c1cnc(NCCNS(C)(=O)=O)cc1-c1ccccc1Cl. The Kier molecular flexibility index (Phi) is 9.54. The third-order valence-corrected chi connectivity index (χ3v) is 7.41. The smallest absolute Gasteiger partial charge is 0.369 e. The molecule has 7 nitrogen and oxygen atoms in total. The molecule has 0 aliphatic carbocycles. The van der Waals surface area contributed by atoms with E-state index >= 15 is 0 Å². The molecule has 2 N–H and O–H groups in total. The van der Waals surface area contributed by atoms with Crippen LogP contribution in [-0.4, -0.2) is 45.7 Å². The summed E-state index contributed by atoms with van der Waals surface area (Å²) in [5, 5.41) is 3.24. The van der Waals surface area contributed by atoms with Crippen LogP contribution in [0.1, 0.15) is 30.5 Å². The van der Waals surface area contributed by atoms with Crippen molar-refractivity contribution in [3.63, 3.8) is 0 Å². The molecular formula is C27H27ClF6N4O3S. The van der Waals surface area contributed by atoms with Gasteiger partial charge in [-0.1, -0.05) is 29.8 Å². The molecule has 1 amide bonds. The van der Waals surface area contributed by atoms with Crippen LogP contribution in [0.25, 0.3) is 11.1 Å². The summed E-state index contributed by atoms with van der Waals surface area (Å²) in [7, 11) is -2.10. The van der Waals surface area contributed by atoms with Crippen molar-refractivity contribution in [3.8, 4) is 11.1 Å². The van der Waals surface area contributed by atoms with Crippen LogP contribution in [0, 0.1) is 0 Å². The number of likely N-dealkylation sites (N-methyl/N-ethyl adjacent to an activating group) is 1. The molecule has 3 rings (SSSR count). The minimum Gasteiger partial charge on any atom is -0.369 e. The zero-order valence-electron chi connectivity index (χ0n) is 22.8. The van der Waals surface area contributed by atoms with Crippen molar-refractivity contribution < 1.29 is 39.6 Å². The number of rotatable bonds is 9. The van der Waals surface area contributed by atoms with Gasteiger partial charge in [0.15, 0.2) is 0 Å². The number of nitrogens with one attached hydrogen (secondary N) is 2. The third kappa shape index (κ3) is 7.92. The topological polar surface area (TPSA) is 91.4 Å². The van der Waals surface area contributed by atoms with Crippen LogP contribution in [0.2, 0.25) is 5.02 Å². The van der Waals surface area contributed by atoms with Gasteiger partial charge in [-0.25, -0.2) is 18.1 Å². The summed E-state index contributed by atoms with van der Waals surface area (Å²) in [4.78, 5) is 19.1. The van der Waals surface area contributed by atoms with E-state index in [4.69, 9.17) is 11.6 Å². The number of halogens is 7. The summed E-state index contributed by atoms with van der Waals surface area (Å²) in [5.74, 6) is -0.528. The number of benzene rings is 2. The molecule has 15 heteroatoms. The highest BCUT2D eigenvalue weighted by atomic mass is 35.5. The van der Waals surface area contributed by atoms with Gasteiger partial charge >= 0.3 is 12.4 Å². The van der Waals surface area contributed by atoms with Gasteiger partial charge in [-0.15, -0.1) is 0 Å². The number of carbonyl (C=O) groups is 1. The summed E-state index contributed by atoms with van der Waals surface area (Å²) < 4.78 is 106. The average Bonchev–Trinajstić information content (AvgIpc) is 2.88. The number of anilines is 2. The van der Waals surface area contributed by atoms with Crippen molar-refractivity contribution in [2.45, 2.75) is 31.6 Å². The molecule has 0 fully saturated rings. The van der Waals surface area contributed by atoms with Crippen molar-refractivity contribution in [2.24, 2.45) is 0 Å². The molecule has 1 heterocycles. The molecular weight excluding hydrogens is 610 g/mol. The van der Waals surface area contributed by atoms with Gasteiger partial charge in [-0.3, -0.25) is 4.79 Å².